The Labute approximate surface area is 107 Å². The summed E-state index contributed by atoms with van der Waals surface area (Å²) in [5, 5.41) is 22.8. The van der Waals surface area contributed by atoms with Crippen LogP contribution in [0.1, 0.15) is 5.56 Å². The number of hydrazone groups is 1. The molecule has 0 aromatic heterocycles. The van der Waals surface area contributed by atoms with Crippen LogP contribution in [0.25, 0.3) is 0 Å². The quantitative estimate of drug-likeness (QED) is 0.229. The maximum Gasteiger partial charge on any atom is 0.315 e. The van der Waals surface area contributed by atoms with Gasteiger partial charge in [-0.1, -0.05) is 0 Å². The van der Waals surface area contributed by atoms with Crippen molar-refractivity contribution >= 4 is 29.2 Å². The number of hydrogen-bond donors (Lipinski definition) is 4. The maximum absolute atomic E-state index is 10.7. The molecule has 0 spiro atoms. The molecule has 0 radical (unpaired) electrons. The maximum atomic E-state index is 10.7. The Morgan fingerprint density at radius 3 is 2.89 bits per heavy atom. The molecule has 9 heteroatoms. The Bertz CT molecular complexity index is 518. The molecule has 0 bridgehead atoms. The normalized spacial score (nSPS) is 10.3. The molecule has 0 atom stereocenters. The van der Waals surface area contributed by atoms with Crippen LogP contribution in [0, 0.1) is 10.1 Å². The number of nitro benzene ring substituents is 1. The third kappa shape index (κ3) is 3.28. The fourth-order valence-corrected chi connectivity index (χ4v) is 1.24. The van der Waals surface area contributed by atoms with Crippen LogP contribution in [0.3, 0.4) is 0 Å². The number of thiocarbonyl (C=S) groups is 1. The van der Waals surface area contributed by atoms with Crippen LogP contribution in [0.5, 0.6) is 11.5 Å². The highest BCUT2D eigenvalue weighted by Crippen LogP contribution is 2.36. The number of nitrogens with two attached hydrogens (primary N) is 1. The van der Waals surface area contributed by atoms with Crippen LogP contribution in [0.15, 0.2) is 12.1 Å². The Balaban J connectivity index is 3.13. The lowest BCUT2D eigenvalue weighted by atomic mass is 10.2. The number of benzene rings is 1. The minimum atomic E-state index is -0.712. The molecular weight excluding hydrogens is 260 g/mol. The van der Waals surface area contributed by atoms with Gasteiger partial charge in [-0.25, -0.2) is 0 Å². The van der Waals surface area contributed by atoms with Gasteiger partial charge in [-0.2, -0.15) is 0 Å². The third-order valence-electron chi connectivity index (χ3n) is 1.93. The molecule has 1 aromatic rings. The minimum Gasteiger partial charge on any atom is -0.500 e. The van der Waals surface area contributed by atoms with Gasteiger partial charge in [0.15, 0.2) is 12.0 Å². The first-order chi connectivity index (χ1) is 8.45. The van der Waals surface area contributed by atoms with Crippen molar-refractivity contribution in [2.24, 2.45) is 5.73 Å². The van der Waals surface area contributed by atoms with Gasteiger partial charge in [-0.3, -0.25) is 10.1 Å². The molecule has 0 heterocycles. The van der Waals surface area contributed by atoms with Crippen molar-refractivity contribution in [3.63, 3.8) is 0 Å². The molecule has 0 fully saturated rings. The molecule has 0 saturated carbocycles. The molecule has 18 heavy (non-hydrogen) atoms. The van der Waals surface area contributed by atoms with E-state index in [4.69, 9.17) is 10.5 Å². The Hall–Kier alpha value is -2.42. The summed E-state index contributed by atoms with van der Waals surface area (Å²) in [6.45, 7) is 0. The summed E-state index contributed by atoms with van der Waals surface area (Å²) >= 11 is 4.56. The van der Waals surface area contributed by atoms with Gasteiger partial charge >= 0.3 is 5.69 Å². The van der Waals surface area contributed by atoms with E-state index in [1.165, 1.54) is 25.5 Å². The topological polar surface area (TPSA) is 125 Å². The van der Waals surface area contributed by atoms with Crippen molar-refractivity contribution in [2.45, 2.75) is 0 Å². The zero-order chi connectivity index (χ0) is 13.7. The molecule has 0 saturated heterocycles. The first-order valence-electron chi connectivity index (χ1n) is 4.65. The molecular formula is C9H11N4O4S+. The molecule has 0 amide bonds. The Morgan fingerprint density at radius 2 is 2.39 bits per heavy atom. The highest BCUT2D eigenvalue weighted by Gasteiger charge is 2.19. The van der Waals surface area contributed by atoms with Gasteiger partial charge in [0.1, 0.15) is 0 Å². The number of nitrogens with zero attached hydrogens (tertiary/aromatic N) is 1. The summed E-state index contributed by atoms with van der Waals surface area (Å²) in [5.41, 5.74) is 7.55. The lowest BCUT2D eigenvalue weighted by molar-refractivity contribution is -0.499. The Morgan fingerprint density at radius 1 is 1.72 bits per heavy atom. The van der Waals surface area contributed by atoms with Crippen molar-refractivity contribution in [1.82, 2.24) is 5.43 Å². The number of hydrazine groups is 1. The van der Waals surface area contributed by atoms with Crippen molar-refractivity contribution in [1.29, 1.82) is 0 Å². The summed E-state index contributed by atoms with van der Waals surface area (Å²) in [4.78, 5) is 10.0. The van der Waals surface area contributed by atoms with Crippen LogP contribution in [-0.2, 0) is 0 Å². The molecule has 1 aromatic carbocycles. The number of aromatic hydroxyl groups is 1. The smallest absolute Gasteiger partial charge is 0.315 e. The van der Waals surface area contributed by atoms with Crippen LogP contribution in [0.4, 0.5) is 5.69 Å². The molecule has 5 N–H and O–H groups in total. The second-order valence-corrected chi connectivity index (χ2v) is 3.57. The van der Waals surface area contributed by atoms with Gasteiger partial charge in [0.2, 0.25) is 10.9 Å². The third-order valence-corrected chi connectivity index (χ3v) is 2.03. The van der Waals surface area contributed by atoms with Gasteiger partial charge in [-0.05, 0) is 18.3 Å². The van der Waals surface area contributed by atoms with Crippen LogP contribution < -0.4 is 21.0 Å². The molecule has 0 aliphatic rings. The lowest BCUT2D eigenvalue weighted by Gasteiger charge is -2.03. The highest BCUT2D eigenvalue weighted by atomic mass is 32.1. The van der Waals surface area contributed by atoms with Crippen LogP contribution >= 0.6 is 12.2 Å². The average Bonchev–Trinajstić information content (AvgIpc) is 2.30. The van der Waals surface area contributed by atoms with E-state index in [-0.39, 0.29) is 10.9 Å². The average molecular weight is 271 g/mol. The summed E-state index contributed by atoms with van der Waals surface area (Å²) in [6, 6.07) is 2.59. The standard InChI is InChI=1S/C9H10N4O4S/c1-17-7-3-5(4-11-12-9(10)18)2-6(8(7)14)13(15)16/h2-4,14H,1H3,(H3,10,12,18)/p+1. The summed E-state index contributed by atoms with van der Waals surface area (Å²) in [5.74, 6) is -0.533. The summed E-state index contributed by atoms with van der Waals surface area (Å²) < 4.78 is 4.83. The highest BCUT2D eigenvalue weighted by molar-refractivity contribution is 7.80. The molecule has 0 unspecified atom stereocenters. The minimum absolute atomic E-state index is 0.00687. The lowest BCUT2D eigenvalue weighted by Crippen LogP contribution is -2.82. The molecule has 1 rings (SSSR count). The summed E-state index contributed by atoms with van der Waals surface area (Å²) in [7, 11) is 1.29. The fourth-order valence-electron chi connectivity index (χ4n) is 1.18. The molecule has 96 valence electrons. The number of methoxy groups -OCH3 is 1. The van der Waals surface area contributed by atoms with E-state index in [2.05, 4.69) is 22.7 Å². The number of rotatable bonds is 4. The molecule has 8 nitrogen and oxygen atoms in total. The zero-order valence-electron chi connectivity index (χ0n) is 9.34. The monoisotopic (exact) mass is 271 g/mol. The first kappa shape index (κ1) is 13.6. The molecule has 0 aliphatic heterocycles. The number of phenols is 1. The van der Waals surface area contributed by atoms with Gasteiger partial charge < -0.3 is 15.6 Å². The van der Waals surface area contributed by atoms with E-state index in [1.54, 1.807) is 0 Å². The van der Waals surface area contributed by atoms with Gasteiger partial charge in [0, 0.05) is 6.07 Å². The first-order valence-corrected chi connectivity index (χ1v) is 5.06. The zero-order valence-corrected chi connectivity index (χ0v) is 10.2. The molecule has 0 aliphatic carbocycles. The Kier molecular flexibility index (Phi) is 4.38. The number of hydrogen-bond acceptors (Lipinski definition) is 5. The number of ether oxygens (including phenoxy) is 1. The van der Waals surface area contributed by atoms with Crippen molar-refractivity contribution < 1.29 is 19.9 Å². The van der Waals surface area contributed by atoms with E-state index < -0.39 is 16.4 Å². The number of nitro groups is 1. The number of nitrogens with one attached hydrogen (secondary N) is 2. The fraction of sp³-hybridized carbons (Fsp3) is 0.111. The number of phenolic OH excluding ortho intramolecular Hbond substituents is 1. The van der Waals surface area contributed by atoms with E-state index in [0.29, 0.717) is 5.56 Å². The predicted molar refractivity (Wildman–Crippen MR) is 67.4 cm³/mol. The van der Waals surface area contributed by atoms with E-state index in [1.807, 2.05) is 0 Å². The van der Waals surface area contributed by atoms with Gasteiger partial charge in [0.25, 0.3) is 0 Å². The second-order valence-electron chi connectivity index (χ2n) is 3.13. The summed E-state index contributed by atoms with van der Waals surface area (Å²) in [6.07, 6.45) is 1.38. The van der Waals surface area contributed by atoms with Crippen LogP contribution in [0.2, 0.25) is 0 Å². The van der Waals surface area contributed by atoms with Crippen LogP contribution in [-0.4, -0.2) is 28.5 Å². The predicted octanol–water partition coefficient (Wildman–Crippen LogP) is -1.44. The van der Waals surface area contributed by atoms with Crippen molar-refractivity contribution in [3.8, 4) is 11.5 Å². The van der Waals surface area contributed by atoms with Crippen molar-refractivity contribution in [2.75, 3.05) is 7.11 Å². The van der Waals surface area contributed by atoms with Gasteiger partial charge in [0.05, 0.1) is 17.6 Å². The van der Waals surface area contributed by atoms with E-state index in [0.717, 1.165) is 0 Å². The van der Waals surface area contributed by atoms with Crippen molar-refractivity contribution in [3.05, 3.63) is 27.8 Å². The largest absolute Gasteiger partial charge is 0.500 e. The SMILES string of the molecule is COc1cc(C=[NH+]NC(N)=S)cc([N+](=O)[O-])c1O. The van der Waals surface area contributed by atoms with E-state index >= 15 is 0 Å². The van der Waals surface area contributed by atoms with E-state index in [9.17, 15) is 15.2 Å². The van der Waals surface area contributed by atoms with Gasteiger partial charge in [-0.15, -0.1) is 10.5 Å². The second kappa shape index (κ2) is 5.77.